The van der Waals surface area contributed by atoms with Gasteiger partial charge in [-0.15, -0.1) is 0 Å². The molecule has 28 heavy (non-hydrogen) atoms. The average Bonchev–Trinajstić information content (AvgIpc) is 2.70. The summed E-state index contributed by atoms with van der Waals surface area (Å²) in [6.07, 6.45) is 0. The van der Waals surface area contributed by atoms with Crippen molar-refractivity contribution in [3.63, 3.8) is 0 Å². The van der Waals surface area contributed by atoms with E-state index in [2.05, 4.69) is 5.32 Å². The molecule has 0 heterocycles. The molecule has 0 radical (unpaired) electrons. The van der Waals surface area contributed by atoms with Gasteiger partial charge in [-0.05, 0) is 54.6 Å². The van der Waals surface area contributed by atoms with Gasteiger partial charge in [0.1, 0.15) is 5.75 Å². The fourth-order valence-electron chi connectivity index (χ4n) is 2.39. The summed E-state index contributed by atoms with van der Waals surface area (Å²) in [5, 5.41) is 23.0. The van der Waals surface area contributed by atoms with Crippen molar-refractivity contribution in [1.29, 1.82) is 5.26 Å². The number of nitrogens with zero attached hydrogens (tertiary/aromatic N) is 2. The molecule has 3 rings (SSSR count). The van der Waals surface area contributed by atoms with Gasteiger partial charge >= 0.3 is 5.69 Å². The van der Waals surface area contributed by atoms with Gasteiger partial charge in [-0.3, -0.25) is 14.9 Å². The lowest BCUT2D eigenvalue weighted by atomic mass is 10.2. The Bertz CT molecular complexity index is 1090. The summed E-state index contributed by atoms with van der Waals surface area (Å²) < 4.78 is 5.54. The number of amides is 1. The van der Waals surface area contributed by atoms with Gasteiger partial charge in [0, 0.05) is 22.3 Å². The molecule has 8 heteroatoms. The number of nitro benzene ring substituents is 1. The van der Waals surface area contributed by atoms with Crippen LogP contribution in [0, 0.1) is 21.4 Å². The lowest BCUT2D eigenvalue weighted by molar-refractivity contribution is -0.385. The van der Waals surface area contributed by atoms with E-state index in [1.165, 1.54) is 42.5 Å². The Morgan fingerprint density at radius 1 is 1.11 bits per heavy atom. The van der Waals surface area contributed by atoms with E-state index in [1.807, 2.05) is 6.07 Å². The number of ether oxygens (including phenoxy) is 1. The quantitative estimate of drug-likeness (QED) is 0.475. The molecule has 0 aromatic heterocycles. The Balaban J connectivity index is 1.74. The molecule has 0 saturated carbocycles. The first-order chi connectivity index (χ1) is 13.5. The topological polar surface area (TPSA) is 105 Å². The Labute approximate surface area is 164 Å². The Morgan fingerprint density at radius 3 is 2.54 bits per heavy atom. The molecule has 138 valence electrons. The molecular formula is C20H12ClN3O4. The minimum Gasteiger partial charge on any atom is -0.450 e. The largest absolute Gasteiger partial charge is 0.450 e. The highest BCUT2D eigenvalue weighted by molar-refractivity contribution is 6.30. The van der Waals surface area contributed by atoms with Crippen LogP contribution in [0.2, 0.25) is 5.02 Å². The van der Waals surface area contributed by atoms with Crippen LogP contribution < -0.4 is 10.1 Å². The first kappa shape index (κ1) is 18.9. The van der Waals surface area contributed by atoms with Crippen LogP contribution in [-0.2, 0) is 0 Å². The third-order valence-corrected chi connectivity index (χ3v) is 3.95. The van der Waals surface area contributed by atoms with Crippen molar-refractivity contribution in [3.8, 4) is 17.6 Å². The predicted octanol–water partition coefficient (Wildman–Crippen LogP) is 5.16. The monoisotopic (exact) mass is 393 g/mol. The van der Waals surface area contributed by atoms with Gasteiger partial charge in [0.2, 0.25) is 5.75 Å². The minimum absolute atomic E-state index is 0.0416. The van der Waals surface area contributed by atoms with E-state index in [-0.39, 0.29) is 22.4 Å². The summed E-state index contributed by atoms with van der Waals surface area (Å²) in [6.45, 7) is 0. The number of halogens is 1. The molecule has 1 amide bonds. The highest BCUT2D eigenvalue weighted by atomic mass is 35.5. The summed E-state index contributed by atoms with van der Waals surface area (Å²) in [5.74, 6) is 0.00693. The van der Waals surface area contributed by atoms with Crippen molar-refractivity contribution in [1.82, 2.24) is 0 Å². The number of carbonyl (C=O) groups excluding carboxylic acids is 1. The van der Waals surface area contributed by atoms with Crippen LogP contribution in [0.1, 0.15) is 15.9 Å². The molecule has 0 bridgehead atoms. The smallest absolute Gasteiger partial charge is 0.313 e. The first-order valence-corrected chi connectivity index (χ1v) is 8.37. The molecule has 1 N–H and O–H groups in total. The standard InChI is InChI=1S/C20H12ClN3O4/c21-15-6-9-19(18(11-15)24(26)27)28-17-7-4-14(5-8-17)20(25)23-16-3-1-2-13(10-16)12-22/h1-11H,(H,23,25). The summed E-state index contributed by atoms with van der Waals surface area (Å²) in [4.78, 5) is 22.9. The SMILES string of the molecule is N#Cc1cccc(NC(=O)c2ccc(Oc3ccc(Cl)cc3[N+](=O)[O-])cc2)c1. The average molecular weight is 394 g/mol. The third-order valence-electron chi connectivity index (χ3n) is 3.71. The Morgan fingerprint density at radius 2 is 1.86 bits per heavy atom. The number of benzene rings is 3. The molecule has 0 fully saturated rings. The van der Waals surface area contributed by atoms with E-state index in [0.717, 1.165) is 0 Å². The molecule has 0 spiro atoms. The van der Waals surface area contributed by atoms with Crippen LogP contribution in [0.15, 0.2) is 66.7 Å². The van der Waals surface area contributed by atoms with Gasteiger partial charge in [0.25, 0.3) is 5.91 Å². The summed E-state index contributed by atoms with van der Waals surface area (Å²) in [7, 11) is 0. The highest BCUT2D eigenvalue weighted by Crippen LogP contribution is 2.33. The maximum absolute atomic E-state index is 12.3. The molecule has 0 aliphatic carbocycles. The number of hydrogen-bond acceptors (Lipinski definition) is 5. The van der Waals surface area contributed by atoms with Crippen LogP contribution in [0.25, 0.3) is 0 Å². The van der Waals surface area contributed by atoms with Crippen molar-refractivity contribution >= 4 is 28.9 Å². The van der Waals surface area contributed by atoms with Gasteiger partial charge in [-0.2, -0.15) is 5.26 Å². The van der Waals surface area contributed by atoms with E-state index in [4.69, 9.17) is 21.6 Å². The van der Waals surface area contributed by atoms with Crippen LogP contribution in [-0.4, -0.2) is 10.8 Å². The van der Waals surface area contributed by atoms with Crippen LogP contribution in [0.3, 0.4) is 0 Å². The van der Waals surface area contributed by atoms with Crippen molar-refractivity contribution < 1.29 is 14.5 Å². The normalized spacial score (nSPS) is 10.0. The van der Waals surface area contributed by atoms with Crippen LogP contribution in [0.4, 0.5) is 11.4 Å². The minimum atomic E-state index is -0.585. The first-order valence-electron chi connectivity index (χ1n) is 7.99. The van der Waals surface area contributed by atoms with E-state index < -0.39 is 4.92 Å². The number of rotatable bonds is 5. The number of hydrogen-bond donors (Lipinski definition) is 1. The van der Waals surface area contributed by atoms with Crippen LogP contribution >= 0.6 is 11.6 Å². The maximum Gasteiger partial charge on any atom is 0.313 e. The molecule has 0 aliphatic heterocycles. The van der Waals surface area contributed by atoms with Gasteiger partial charge < -0.3 is 10.1 Å². The van der Waals surface area contributed by atoms with Crippen molar-refractivity contribution in [3.05, 3.63) is 93.0 Å². The molecule has 0 unspecified atom stereocenters. The fourth-order valence-corrected chi connectivity index (χ4v) is 2.56. The van der Waals surface area contributed by atoms with Gasteiger partial charge in [0.15, 0.2) is 0 Å². The van der Waals surface area contributed by atoms with E-state index in [1.54, 1.807) is 24.3 Å². The van der Waals surface area contributed by atoms with Crippen molar-refractivity contribution in [2.24, 2.45) is 0 Å². The molecule has 3 aromatic carbocycles. The molecule has 0 aliphatic rings. The van der Waals surface area contributed by atoms with Gasteiger partial charge in [0.05, 0.1) is 16.6 Å². The highest BCUT2D eigenvalue weighted by Gasteiger charge is 2.16. The van der Waals surface area contributed by atoms with E-state index >= 15 is 0 Å². The Hall–Kier alpha value is -3.89. The second-order valence-electron chi connectivity index (χ2n) is 5.64. The van der Waals surface area contributed by atoms with Crippen molar-refractivity contribution in [2.45, 2.75) is 0 Å². The number of nitro groups is 1. The third kappa shape index (κ3) is 4.44. The second-order valence-corrected chi connectivity index (χ2v) is 6.08. The molecule has 0 atom stereocenters. The number of carbonyl (C=O) groups is 1. The molecular weight excluding hydrogens is 382 g/mol. The second kappa shape index (κ2) is 8.20. The maximum atomic E-state index is 12.3. The molecule has 0 saturated heterocycles. The van der Waals surface area contributed by atoms with Crippen molar-refractivity contribution in [2.75, 3.05) is 5.32 Å². The summed E-state index contributed by atoms with van der Waals surface area (Å²) >= 11 is 5.78. The van der Waals surface area contributed by atoms with Gasteiger partial charge in [-0.25, -0.2) is 0 Å². The lowest BCUT2D eigenvalue weighted by Gasteiger charge is -2.08. The molecule has 7 nitrogen and oxygen atoms in total. The number of anilines is 1. The number of nitriles is 1. The van der Waals surface area contributed by atoms with Crippen LogP contribution in [0.5, 0.6) is 11.5 Å². The predicted molar refractivity (Wildman–Crippen MR) is 104 cm³/mol. The van der Waals surface area contributed by atoms with Gasteiger partial charge in [-0.1, -0.05) is 17.7 Å². The van der Waals surface area contributed by atoms with E-state index in [9.17, 15) is 14.9 Å². The zero-order valence-electron chi connectivity index (χ0n) is 14.3. The number of nitrogens with one attached hydrogen (secondary N) is 1. The lowest BCUT2D eigenvalue weighted by Crippen LogP contribution is -2.11. The zero-order valence-corrected chi connectivity index (χ0v) is 15.0. The zero-order chi connectivity index (χ0) is 20.1. The van der Waals surface area contributed by atoms with E-state index in [0.29, 0.717) is 22.6 Å². The summed E-state index contributed by atoms with van der Waals surface area (Å²) in [6, 6.07) is 18.8. The summed E-state index contributed by atoms with van der Waals surface area (Å²) in [5.41, 5.74) is 1.04. The molecule has 3 aromatic rings. The fraction of sp³-hybridized carbons (Fsp3) is 0. The Kier molecular flexibility index (Phi) is 5.53.